The molecule has 2 aliphatic heterocycles. The van der Waals surface area contributed by atoms with Gasteiger partial charge in [0.05, 0.1) is 6.42 Å². The zero-order valence-electron chi connectivity index (χ0n) is 8.25. The molecule has 4 nitrogen and oxygen atoms in total. The molecule has 0 aromatic heterocycles. The molecular weight excluding hydrogens is 192 g/mol. The first kappa shape index (κ1) is 8.73. The van der Waals surface area contributed by atoms with Crippen LogP contribution < -0.4 is 15.4 Å². The molecule has 1 saturated heterocycles. The van der Waals surface area contributed by atoms with Crippen LogP contribution in [0.2, 0.25) is 0 Å². The first-order valence-electron chi connectivity index (χ1n) is 5.11. The maximum atomic E-state index is 11.1. The number of anilines is 1. The molecule has 0 atom stereocenters. The summed E-state index contributed by atoms with van der Waals surface area (Å²) in [4.78, 5) is 11.1. The van der Waals surface area contributed by atoms with E-state index in [1.165, 1.54) is 0 Å². The van der Waals surface area contributed by atoms with Crippen LogP contribution in [0, 0.1) is 0 Å². The molecule has 2 aliphatic rings. The molecule has 1 aromatic rings. The van der Waals surface area contributed by atoms with Crippen LogP contribution >= 0.6 is 0 Å². The van der Waals surface area contributed by atoms with E-state index in [0.29, 0.717) is 6.42 Å². The highest BCUT2D eigenvalue weighted by molar-refractivity contribution is 5.99. The van der Waals surface area contributed by atoms with Crippen molar-refractivity contribution in [2.45, 2.75) is 12.5 Å². The van der Waals surface area contributed by atoms with E-state index in [9.17, 15) is 4.79 Å². The van der Waals surface area contributed by atoms with E-state index >= 15 is 0 Å². The summed E-state index contributed by atoms with van der Waals surface area (Å²) in [5.41, 5.74) is 1.95. The van der Waals surface area contributed by atoms with E-state index in [2.05, 4.69) is 10.6 Å². The van der Waals surface area contributed by atoms with Crippen molar-refractivity contribution in [2.75, 3.05) is 18.4 Å². The van der Waals surface area contributed by atoms with Gasteiger partial charge < -0.3 is 15.4 Å². The molecule has 2 N–H and O–H groups in total. The highest BCUT2D eigenvalue weighted by atomic mass is 16.5. The second-order valence-corrected chi connectivity index (χ2v) is 3.94. The number of benzene rings is 1. The van der Waals surface area contributed by atoms with Crippen LogP contribution in [0.25, 0.3) is 0 Å². The lowest BCUT2D eigenvalue weighted by Gasteiger charge is -2.27. The number of carbonyl (C=O) groups excluding carboxylic acids is 1. The Labute approximate surface area is 87.6 Å². The Morgan fingerprint density at radius 2 is 2.20 bits per heavy atom. The van der Waals surface area contributed by atoms with Crippen molar-refractivity contribution in [2.24, 2.45) is 0 Å². The summed E-state index contributed by atoms with van der Waals surface area (Å²) in [7, 11) is 0. The maximum Gasteiger partial charge on any atom is 0.228 e. The van der Waals surface area contributed by atoms with Crippen molar-refractivity contribution in [3.63, 3.8) is 0 Å². The van der Waals surface area contributed by atoms with E-state index in [1.54, 1.807) is 0 Å². The van der Waals surface area contributed by atoms with Crippen LogP contribution in [0.4, 0.5) is 5.69 Å². The average Bonchev–Trinajstić information content (AvgIpc) is 2.50. The lowest BCUT2D eigenvalue weighted by Crippen LogP contribution is -2.50. The molecule has 0 radical (unpaired) electrons. The number of carbonyl (C=O) groups is 1. The van der Waals surface area contributed by atoms with E-state index < -0.39 is 0 Å². The predicted octanol–water partition coefficient (Wildman–Crippen LogP) is 0.532. The largest absolute Gasteiger partial charge is 0.488 e. The van der Waals surface area contributed by atoms with Gasteiger partial charge in [0.25, 0.3) is 0 Å². The minimum Gasteiger partial charge on any atom is -0.488 e. The molecular formula is C11H12N2O2. The van der Waals surface area contributed by atoms with Gasteiger partial charge in [-0.15, -0.1) is 0 Å². The van der Waals surface area contributed by atoms with Crippen LogP contribution in [-0.4, -0.2) is 25.1 Å². The zero-order valence-corrected chi connectivity index (χ0v) is 8.25. The van der Waals surface area contributed by atoms with Crippen LogP contribution in [-0.2, 0) is 11.2 Å². The Bertz CT molecular complexity index is 413. The maximum absolute atomic E-state index is 11.1. The van der Waals surface area contributed by atoms with Crippen molar-refractivity contribution >= 4 is 11.6 Å². The number of amides is 1. The molecule has 0 unspecified atom stereocenters. The minimum absolute atomic E-state index is 0.0625. The third kappa shape index (κ3) is 1.57. The molecule has 0 spiro atoms. The fourth-order valence-electron chi connectivity index (χ4n) is 1.80. The van der Waals surface area contributed by atoms with Gasteiger partial charge in [-0.1, -0.05) is 6.07 Å². The van der Waals surface area contributed by atoms with Crippen LogP contribution in [0.3, 0.4) is 0 Å². The molecule has 15 heavy (non-hydrogen) atoms. The lowest BCUT2D eigenvalue weighted by molar-refractivity contribution is -0.115. The first-order chi connectivity index (χ1) is 7.31. The number of nitrogens with one attached hydrogen (secondary N) is 2. The van der Waals surface area contributed by atoms with Crippen molar-refractivity contribution in [1.82, 2.24) is 5.32 Å². The predicted molar refractivity (Wildman–Crippen MR) is 56.1 cm³/mol. The topological polar surface area (TPSA) is 50.4 Å². The Balaban J connectivity index is 1.80. The molecule has 3 rings (SSSR count). The van der Waals surface area contributed by atoms with Gasteiger partial charge in [-0.3, -0.25) is 4.79 Å². The quantitative estimate of drug-likeness (QED) is 0.739. The van der Waals surface area contributed by atoms with Gasteiger partial charge in [-0.05, 0) is 11.6 Å². The highest BCUT2D eigenvalue weighted by Gasteiger charge is 2.21. The van der Waals surface area contributed by atoms with E-state index in [0.717, 1.165) is 30.1 Å². The highest BCUT2D eigenvalue weighted by Crippen LogP contribution is 2.28. The molecule has 1 amide bonds. The summed E-state index contributed by atoms with van der Waals surface area (Å²) in [6.07, 6.45) is 0.765. The number of hydrogen-bond donors (Lipinski definition) is 2. The van der Waals surface area contributed by atoms with Crippen LogP contribution in [0.5, 0.6) is 5.75 Å². The fraction of sp³-hybridized carbons (Fsp3) is 0.364. The average molecular weight is 204 g/mol. The molecule has 2 heterocycles. The number of rotatable bonds is 2. The van der Waals surface area contributed by atoms with Crippen molar-refractivity contribution in [3.8, 4) is 5.75 Å². The molecule has 0 aliphatic carbocycles. The molecule has 1 aromatic carbocycles. The summed E-state index contributed by atoms with van der Waals surface area (Å²) in [5.74, 6) is 0.898. The lowest BCUT2D eigenvalue weighted by atomic mass is 10.1. The standard InChI is InChI=1S/C11H12N2O2/c14-11-3-7-1-2-8(4-10(7)13-11)15-9-5-12-6-9/h1-2,4,9,12H,3,5-6H2,(H,13,14). The van der Waals surface area contributed by atoms with Gasteiger partial charge >= 0.3 is 0 Å². The second kappa shape index (κ2) is 3.24. The van der Waals surface area contributed by atoms with Gasteiger partial charge in [0, 0.05) is 24.8 Å². The van der Waals surface area contributed by atoms with Crippen molar-refractivity contribution in [1.29, 1.82) is 0 Å². The normalized spacial score (nSPS) is 19.3. The van der Waals surface area contributed by atoms with Gasteiger partial charge in [-0.25, -0.2) is 0 Å². The number of hydrogen-bond acceptors (Lipinski definition) is 3. The molecule has 0 saturated carbocycles. The smallest absolute Gasteiger partial charge is 0.228 e. The Kier molecular flexibility index (Phi) is 1.89. The van der Waals surface area contributed by atoms with Gasteiger partial charge in [0.1, 0.15) is 11.9 Å². The van der Waals surface area contributed by atoms with E-state index in [1.807, 2.05) is 18.2 Å². The fourth-order valence-corrected chi connectivity index (χ4v) is 1.80. The van der Waals surface area contributed by atoms with Crippen molar-refractivity contribution in [3.05, 3.63) is 23.8 Å². The van der Waals surface area contributed by atoms with E-state index in [4.69, 9.17) is 4.74 Å². The Hall–Kier alpha value is -1.55. The summed E-state index contributed by atoms with van der Waals surface area (Å²) in [5, 5.41) is 5.96. The summed E-state index contributed by atoms with van der Waals surface area (Å²) in [6, 6.07) is 5.78. The molecule has 1 fully saturated rings. The van der Waals surface area contributed by atoms with E-state index in [-0.39, 0.29) is 12.0 Å². The molecule has 0 bridgehead atoms. The zero-order chi connectivity index (χ0) is 10.3. The molecule has 78 valence electrons. The molecule has 4 heteroatoms. The summed E-state index contributed by atoms with van der Waals surface area (Å²) < 4.78 is 5.70. The first-order valence-corrected chi connectivity index (χ1v) is 5.11. The Morgan fingerprint density at radius 3 is 2.93 bits per heavy atom. The SMILES string of the molecule is O=C1Cc2ccc(OC3CNC3)cc2N1. The van der Waals surface area contributed by atoms with Crippen LogP contribution in [0.1, 0.15) is 5.56 Å². The van der Waals surface area contributed by atoms with Gasteiger partial charge in [0.2, 0.25) is 5.91 Å². The van der Waals surface area contributed by atoms with Gasteiger partial charge in [0.15, 0.2) is 0 Å². The Morgan fingerprint density at radius 1 is 1.33 bits per heavy atom. The monoisotopic (exact) mass is 204 g/mol. The van der Waals surface area contributed by atoms with Crippen molar-refractivity contribution < 1.29 is 9.53 Å². The summed E-state index contributed by atoms with van der Waals surface area (Å²) in [6.45, 7) is 1.81. The third-order valence-electron chi connectivity index (χ3n) is 2.75. The van der Waals surface area contributed by atoms with Gasteiger partial charge in [-0.2, -0.15) is 0 Å². The minimum atomic E-state index is 0.0625. The number of ether oxygens (including phenoxy) is 1. The number of fused-ring (bicyclic) bond motifs is 1. The third-order valence-corrected chi connectivity index (χ3v) is 2.75. The van der Waals surface area contributed by atoms with Crippen LogP contribution in [0.15, 0.2) is 18.2 Å². The summed E-state index contributed by atoms with van der Waals surface area (Å²) >= 11 is 0. The second-order valence-electron chi connectivity index (χ2n) is 3.94.